The number of hydrogen-bond donors (Lipinski definition) is 0. The third-order valence-corrected chi connectivity index (χ3v) is 5.51. The van der Waals surface area contributed by atoms with Crippen LogP contribution in [0.2, 0.25) is 0 Å². The van der Waals surface area contributed by atoms with Crippen molar-refractivity contribution in [2.24, 2.45) is 0 Å². The van der Waals surface area contributed by atoms with Crippen molar-refractivity contribution in [2.45, 2.75) is 25.4 Å². The molecule has 9 heteroatoms. The maximum atomic E-state index is 12.6. The lowest BCUT2D eigenvalue weighted by Crippen LogP contribution is -2.48. The van der Waals surface area contributed by atoms with Crippen LogP contribution in [0.15, 0.2) is 24.3 Å². The lowest BCUT2D eigenvalue weighted by Gasteiger charge is -2.35. The topological polar surface area (TPSA) is 88.4 Å². The molecule has 0 bridgehead atoms. The number of carbonyl (C=O) groups excluding carboxylic acids is 3. The van der Waals surface area contributed by atoms with Gasteiger partial charge in [0, 0.05) is 19.1 Å². The quantitative estimate of drug-likeness (QED) is 0.816. The summed E-state index contributed by atoms with van der Waals surface area (Å²) in [5, 5.41) is 7.94. The number of aromatic nitrogens is 3. The zero-order valence-electron chi connectivity index (χ0n) is 13.5. The molecule has 0 atom stereocenters. The Labute approximate surface area is 148 Å². The summed E-state index contributed by atoms with van der Waals surface area (Å²) in [5.41, 5.74) is 1.59. The van der Waals surface area contributed by atoms with E-state index in [-0.39, 0.29) is 35.4 Å². The van der Waals surface area contributed by atoms with Crippen LogP contribution in [0.25, 0.3) is 11.0 Å². The minimum atomic E-state index is -0.163. The Kier molecular flexibility index (Phi) is 4.16. The largest absolute Gasteiger partial charge is 0.341 e. The molecule has 0 aliphatic carbocycles. The van der Waals surface area contributed by atoms with E-state index in [1.807, 2.05) is 24.3 Å². The summed E-state index contributed by atoms with van der Waals surface area (Å²) < 4.78 is 1.61. The SMILES string of the molecule is O=C(Cn1nnc2ccccc21)N1CCC(N2C(=O)CSC2=O)CC1. The number of nitrogens with zero attached hydrogens (tertiary/aromatic N) is 5. The Morgan fingerprint density at radius 3 is 2.68 bits per heavy atom. The van der Waals surface area contributed by atoms with E-state index in [0.29, 0.717) is 25.9 Å². The first-order valence-corrected chi connectivity index (χ1v) is 9.17. The number of para-hydroxylation sites is 1. The highest BCUT2D eigenvalue weighted by Crippen LogP contribution is 2.26. The maximum absolute atomic E-state index is 12.6. The van der Waals surface area contributed by atoms with Crippen LogP contribution in [0, 0.1) is 0 Å². The summed E-state index contributed by atoms with van der Waals surface area (Å²) >= 11 is 1.06. The molecule has 0 radical (unpaired) electrons. The summed E-state index contributed by atoms with van der Waals surface area (Å²) in [7, 11) is 0. The molecular formula is C16H17N5O3S. The van der Waals surface area contributed by atoms with Crippen LogP contribution < -0.4 is 0 Å². The number of benzene rings is 1. The highest BCUT2D eigenvalue weighted by Gasteiger charge is 2.37. The molecule has 0 N–H and O–H groups in total. The summed E-state index contributed by atoms with van der Waals surface area (Å²) in [6, 6.07) is 7.42. The maximum Gasteiger partial charge on any atom is 0.289 e. The second-order valence-electron chi connectivity index (χ2n) is 6.17. The lowest BCUT2D eigenvalue weighted by atomic mass is 10.0. The van der Waals surface area contributed by atoms with E-state index in [9.17, 15) is 14.4 Å². The summed E-state index contributed by atoms with van der Waals surface area (Å²) in [5.74, 6) is 0.0913. The second kappa shape index (κ2) is 6.47. The average molecular weight is 359 g/mol. The first-order valence-electron chi connectivity index (χ1n) is 8.18. The van der Waals surface area contributed by atoms with Gasteiger partial charge in [0.25, 0.3) is 5.24 Å². The number of imide groups is 1. The van der Waals surface area contributed by atoms with E-state index in [0.717, 1.165) is 22.8 Å². The van der Waals surface area contributed by atoms with Gasteiger partial charge in [-0.25, -0.2) is 4.68 Å². The molecule has 4 rings (SSSR count). The van der Waals surface area contributed by atoms with Crippen LogP contribution in [0.5, 0.6) is 0 Å². The molecule has 1 aromatic carbocycles. The van der Waals surface area contributed by atoms with Crippen molar-refractivity contribution < 1.29 is 14.4 Å². The number of rotatable bonds is 3. The van der Waals surface area contributed by atoms with Crippen LogP contribution in [0.3, 0.4) is 0 Å². The van der Waals surface area contributed by atoms with Crippen LogP contribution >= 0.6 is 11.8 Å². The van der Waals surface area contributed by atoms with Gasteiger partial charge >= 0.3 is 0 Å². The molecule has 2 saturated heterocycles. The van der Waals surface area contributed by atoms with E-state index < -0.39 is 0 Å². The van der Waals surface area contributed by atoms with Crippen LogP contribution in [0.1, 0.15) is 12.8 Å². The summed E-state index contributed by atoms with van der Waals surface area (Å²) in [6.45, 7) is 1.22. The fraction of sp³-hybridized carbons (Fsp3) is 0.438. The molecule has 0 spiro atoms. The van der Waals surface area contributed by atoms with E-state index in [1.165, 1.54) is 4.90 Å². The number of likely N-dealkylation sites (tertiary alicyclic amines) is 1. The van der Waals surface area contributed by atoms with Gasteiger partial charge in [0.15, 0.2) is 0 Å². The molecule has 1 aromatic heterocycles. The third kappa shape index (κ3) is 2.99. The minimum absolute atomic E-state index is 0.0254. The number of thioether (sulfide) groups is 1. The lowest BCUT2D eigenvalue weighted by molar-refractivity contribution is -0.134. The van der Waals surface area contributed by atoms with Crippen LogP contribution in [-0.2, 0) is 16.1 Å². The zero-order valence-corrected chi connectivity index (χ0v) is 14.3. The molecule has 0 unspecified atom stereocenters. The van der Waals surface area contributed by atoms with Crippen molar-refractivity contribution in [3.8, 4) is 0 Å². The van der Waals surface area contributed by atoms with E-state index >= 15 is 0 Å². The fourth-order valence-electron chi connectivity index (χ4n) is 3.35. The van der Waals surface area contributed by atoms with Crippen LogP contribution in [0.4, 0.5) is 4.79 Å². The molecular weight excluding hydrogens is 342 g/mol. The molecule has 2 aliphatic heterocycles. The molecule has 2 fully saturated rings. The van der Waals surface area contributed by atoms with Gasteiger partial charge in [-0.3, -0.25) is 19.3 Å². The second-order valence-corrected chi connectivity index (χ2v) is 7.09. The molecule has 3 amide bonds. The van der Waals surface area contributed by atoms with Crippen LogP contribution in [-0.4, -0.2) is 66.7 Å². The highest BCUT2D eigenvalue weighted by molar-refractivity contribution is 8.14. The monoisotopic (exact) mass is 359 g/mol. The Morgan fingerprint density at radius 2 is 1.96 bits per heavy atom. The Balaban J connectivity index is 1.38. The minimum Gasteiger partial charge on any atom is -0.341 e. The number of fused-ring (bicyclic) bond motifs is 1. The molecule has 25 heavy (non-hydrogen) atoms. The third-order valence-electron chi connectivity index (χ3n) is 4.67. The first-order chi connectivity index (χ1) is 12.1. The van der Waals surface area contributed by atoms with Gasteiger partial charge in [0.2, 0.25) is 11.8 Å². The van der Waals surface area contributed by atoms with Gasteiger partial charge in [-0.15, -0.1) is 5.10 Å². The number of carbonyl (C=O) groups is 3. The Morgan fingerprint density at radius 1 is 1.20 bits per heavy atom. The molecule has 0 saturated carbocycles. The van der Waals surface area contributed by atoms with Crippen molar-refractivity contribution in [1.29, 1.82) is 0 Å². The zero-order chi connectivity index (χ0) is 17.4. The molecule has 2 aromatic rings. The van der Waals surface area contributed by atoms with Crippen molar-refractivity contribution in [3.05, 3.63) is 24.3 Å². The van der Waals surface area contributed by atoms with Gasteiger partial charge < -0.3 is 4.90 Å². The van der Waals surface area contributed by atoms with E-state index in [2.05, 4.69) is 10.3 Å². The van der Waals surface area contributed by atoms with Gasteiger partial charge in [-0.2, -0.15) is 0 Å². The Hall–Kier alpha value is -2.42. The van der Waals surface area contributed by atoms with Gasteiger partial charge in [-0.1, -0.05) is 29.1 Å². The smallest absolute Gasteiger partial charge is 0.289 e. The van der Waals surface area contributed by atoms with Gasteiger partial charge in [0.1, 0.15) is 12.1 Å². The van der Waals surface area contributed by atoms with Crippen molar-refractivity contribution in [1.82, 2.24) is 24.8 Å². The standard InChI is InChI=1S/C16H17N5O3S/c22-14(9-20-13-4-2-1-3-12(13)17-18-20)19-7-5-11(6-8-19)21-15(23)10-25-16(21)24/h1-4,11H,5-10H2. The summed E-state index contributed by atoms with van der Waals surface area (Å²) in [4.78, 5) is 39.3. The molecule has 8 nitrogen and oxygen atoms in total. The van der Waals surface area contributed by atoms with Crippen molar-refractivity contribution in [2.75, 3.05) is 18.8 Å². The molecule has 2 aliphatic rings. The first kappa shape index (κ1) is 16.1. The van der Waals surface area contributed by atoms with Gasteiger partial charge in [0.05, 0.1) is 11.3 Å². The number of amides is 3. The van der Waals surface area contributed by atoms with Gasteiger partial charge in [-0.05, 0) is 25.0 Å². The predicted octanol–water partition coefficient (Wildman–Crippen LogP) is 1.12. The van der Waals surface area contributed by atoms with Crippen molar-refractivity contribution in [3.63, 3.8) is 0 Å². The fourth-order valence-corrected chi connectivity index (χ4v) is 4.13. The predicted molar refractivity (Wildman–Crippen MR) is 91.8 cm³/mol. The summed E-state index contributed by atoms with van der Waals surface area (Å²) in [6.07, 6.45) is 1.25. The molecule has 130 valence electrons. The van der Waals surface area contributed by atoms with E-state index in [4.69, 9.17) is 0 Å². The van der Waals surface area contributed by atoms with E-state index in [1.54, 1.807) is 9.58 Å². The van der Waals surface area contributed by atoms with Crippen molar-refractivity contribution >= 4 is 39.8 Å². The normalized spacial score (nSPS) is 19.2. The molecule has 3 heterocycles. The highest BCUT2D eigenvalue weighted by atomic mass is 32.2. The Bertz CT molecular complexity index is 827. The number of piperidine rings is 1. The average Bonchev–Trinajstić information content (AvgIpc) is 3.19. The number of hydrogen-bond acceptors (Lipinski definition) is 6.